The summed E-state index contributed by atoms with van der Waals surface area (Å²) in [4.78, 5) is 9.68. The molecule has 0 bridgehead atoms. The van der Waals surface area contributed by atoms with Gasteiger partial charge in [-0.3, -0.25) is 4.99 Å². The third kappa shape index (κ3) is 6.94. The van der Waals surface area contributed by atoms with Crippen LogP contribution in [0.2, 0.25) is 0 Å². The van der Waals surface area contributed by atoms with Crippen molar-refractivity contribution in [2.75, 3.05) is 43.1 Å². The van der Waals surface area contributed by atoms with Gasteiger partial charge in [0, 0.05) is 45.0 Å². The van der Waals surface area contributed by atoms with Crippen molar-refractivity contribution in [3.63, 3.8) is 0 Å². The molecule has 200 valence electrons. The van der Waals surface area contributed by atoms with E-state index in [2.05, 4.69) is 73.9 Å². The highest BCUT2D eigenvalue weighted by Gasteiger charge is 2.23. The second-order valence-electron chi connectivity index (χ2n) is 10.7. The van der Waals surface area contributed by atoms with Crippen molar-refractivity contribution < 1.29 is 4.39 Å². The summed E-state index contributed by atoms with van der Waals surface area (Å²) < 4.78 is 13.3. The van der Waals surface area contributed by atoms with Gasteiger partial charge in [-0.1, -0.05) is 50.8 Å². The number of hydrogen-bond donors (Lipinski definition) is 2. The first-order valence-corrected chi connectivity index (χ1v) is 13.4. The molecule has 0 aliphatic carbocycles. The van der Waals surface area contributed by atoms with Crippen LogP contribution in [0.1, 0.15) is 38.7 Å². The number of anilines is 3. The number of rotatable bonds is 9. The maximum absolute atomic E-state index is 13.3. The number of benzene rings is 3. The number of halogens is 1. The number of amidine groups is 1. The van der Waals surface area contributed by atoms with Crippen LogP contribution in [0.3, 0.4) is 0 Å². The fourth-order valence-corrected chi connectivity index (χ4v) is 4.71. The van der Waals surface area contributed by atoms with Crippen LogP contribution in [-0.4, -0.2) is 44.0 Å². The van der Waals surface area contributed by atoms with E-state index in [4.69, 9.17) is 10.7 Å². The quantitative estimate of drug-likeness (QED) is 0.181. The van der Waals surface area contributed by atoms with Crippen LogP contribution in [0, 0.1) is 11.7 Å². The monoisotopic (exact) mass is 513 g/mol. The standard InChI is InChI=1S/C32H40FN5/c1-22(2)6-17-32(37(4)5)36-28-18-19-38(21-28)29-14-9-24(10-15-29)23(3)35-31-20-26(11-16-30(31)34)25-7-12-27(33)13-8-25/h7-16,20,22,28,35H,3,6,17-19,21,34H2,1-2,4-5H3/t28-/m0/s1. The third-order valence-corrected chi connectivity index (χ3v) is 7.05. The van der Waals surface area contributed by atoms with Crippen molar-refractivity contribution in [3.8, 4) is 11.1 Å². The van der Waals surface area contributed by atoms with E-state index in [-0.39, 0.29) is 5.82 Å². The Morgan fingerprint density at radius 2 is 1.76 bits per heavy atom. The lowest BCUT2D eigenvalue weighted by Crippen LogP contribution is -2.26. The molecule has 0 radical (unpaired) electrons. The van der Waals surface area contributed by atoms with Gasteiger partial charge in [-0.2, -0.15) is 0 Å². The molecule has 1 heterocycles. The van der Waals surface area contributed by atoms with Crippen molar-refractivity contribution in [1.82, 2.24) is 4.90 Å². The predicted molar refractivity (Wildman–Crippen MR) is 161 cm³/mol. The van der Waals surface area contributed by atoms with Crippen LogP contribution < -0.4 is 16.0 Å². The third-order valence-electron chi connectivity index (χ3n) is 7.05. The SMILES string of the molecule is C=C(Nc1cc(-c2ccc(F)cc2)ccc1N)c1ccc(N2CC[C@H](N=C(CCC(C)C)N(C)C)C2)cc1. The Labute approximate surface area is 226 Å². The van der Waals surface area contributed by atoms with Crippen molar-refractivity contribution in [3.05, 3.63) is 84.7 Å². The molecule has 1 aliphatic rings. The molecule has 3 aromatic rings. The van der Waals surface area contributed by atoms with E-state index in [1.807, 2.05) is 18.2 Å². The Morgan fingerprint density at radius 1 is 1.08 bits per heavy atom. The topological polar surface area (TPSA) is 56.9 Å². The lowest BCUT2D eigenvalue weighted by Gasteiger charge is -2.21. The average molecular weight is 514 g/mol. The Balaban J connectivity index is 1.40. The summed E-state index contributed by atoms with van der Waals surface area (Å²) in [6.07, 6.45) is 3.26. The first kappa shape index (κ1) is 27.2. The zero-order valence-corrected chi connectivity index (χ0v) is 23.0. The lowest BCUT2D eigenvalue weighted by atomic mass is 10.0. The molecule has 5 nitrogen and oxygen atoms in total. The smallest absolute Gasteiger partial charge is 0.123 e. The molecular formula is C32H40FN5. The Kier molecular flexibility index (Phi) is 8.72. The fraction of sp³-hybridized carbons (Fsp3) is 0.344. The van der Waals surface area contributed by atoms with Gasteiger partial charge in [0.15, 0.2) is 0 Å². The normalized spacial score (nSPS) is 15.7. The van der Waals surface area contributed by atoms with Gasteiger partial charge in [-0.15, -0.1) is 0 Å². The zero-order valence-electron chi connectivity index (χ0n) is 23.0. The Morgan fingerprint density at radius 3 is 2.42 bits per heavy atom. The average Bonchev–Trinajstić information content (AvgIpc) is 3.37. The van der Waals surface area contributed by atoms with Gasteiger partial charge in [0.05, 0.1) is 23.3 Å². The second-order valence-corrected chi connectivity index (χ2v) is 10.7. The molecule has 1 aliphatic heterocycles. The van der Waals surface area contributed by atoms with E-state index in [1.165, 1.54) is 23.7 Å². The summed E-state index contributed by atoms with van der Waals surface area (Å²) in [6, 6.07) is 21.0. The highest BCUT2D eigenvalue weighted by Crippen LogP contribution is 2.30. The van der Waals surface area contributed by atoms with Gasteiger partial charge in [0.2, 0.25) is 0 Å². The molecule has 0 spiro atoms. The predicted octanol–water partition coefficient (Wildman–Crippen LogP) is 7.13. The summed E-state index contributed by atoms with van der Waals surface area (Å²) >= 11 is 0. The van der Waals surface area contributed by atoms with Gasteiger partial charge in [-0.25, -0.2) is 4.39 Å². The van der Waals surface area contributed by atoms with Gasteiger partial charge < -0.3 is 20.9 Å². The number of nitrogen functional groups attached to an aromatic ring is 1. The molecular weight excluding hydrogens is 473 g/mol. The van der Waals surface area contributed by atoms with E-state index in [0.29, 0.717) is 17.6 Å². The molecule has 0 saturated carbocycles. The first-order chi connectivity index (χ1) is 18.2. The summed E-state index contributed by atoms with van der Waals surface area (Å²) in [6.45, 7) is 10.7. The summed E-state index contributed by atoms with van der Waals surface area (Å²) in [7, 11) is 4.19. The molecule has 1 saturated heterocycles. The number of aliphatic imine (C=N–C) groups is 1. The summed E-state index contributed by atoms with van der Waals surface area (Å²) in [5, 5.41) is 3.37. The minimum absolute atomic E-state index is 0.253. The highest BCUT2D eigenvalue weighted by molar-refractivity contribution is 5.85. The fourth-order valence-electron chi connectivity index (χ4n) is 4.71. The molecule has 38 heavy (non-hydrogen) atoms. The second kappa shape index (κ2) is 12.2. The van der Waals surface area contributed by atoms with E-state index in [0.717, 1.165) is 60.4 Å². The van der Waals surface area contributed by atoms with Crippen molar-refractivity contribution in [2.24, 2.45) is 10.9 Å². The van der Waals surface area contributed by atoms with Crippen LogP contribution in [0.15, 0.2) is 78.3 Å². The van der Waals surface area contributed by atoms with Gasteiger partial charge in [0.25, 0.3) is 0 Å². The molecule has 1 atom stereocenters. The molecule has 6 heteroatoms. The molecule has 4 rings (SSSR count). The van der Waals surface area contributed by atoms with Gasteiger partial charge in [0.1, 0.15) is 5.82 Å². The molecule has 0 amide bonds. The Hall–Kier alpha value is -3.80. The summed E-state index contributed by atoms with van der Waals surface area (Å²) in [5.41, 5.74) is 12.5. The molecule has 3 N–H and O–H groups in total. The van der Waals surface area contributed by atoms with Gasteiger partial charge >= 0.3 is 0 Å². The van der Waals surface area contributed by atoms with Crippen LogP contribution >= 0.6 is 0 Å². The molecule has 3 aromatic carbocycles. The minimum Gasteiger partial charge on any atom is -0.397 e. The number of hydrogen-bond acceptors (Lipinski definition) is 4. The number of nitrogens with two attached hydrogens (primary N) is 1. The minimum atomic E-state index is -0.253. The largest absolute Gasteiger partial charge is 0.397 e. The molecule has 0 unspecified atom stereocenters. The number of nitrogens with one attached hydrogen (secondary N) is 1. The van der Waals surface area contributed by atoms with Crippen LogP contribution in [0.4, 0.5) is 21.5 Å². The maximum atomic E-state index is 13.3. The molecule has 1 fully saturated rings. The summed E-state index contributed by atoms with van der Waals surface area (Å²) in [5.74, 6) is 1.63. The Bertz CT molecular complexity index is 1260. The lowest BCUT2D eigenvalue weighted by molar-refractivity contribution is 0.543. The van der Waals surface area contributed by atoms with Crippen LogP contribution in [0.25, 0.3) is 16.8 Å². The van der Waals surface area contributed by atoms with Gasteiger partial charge in [-0.05, 0) is 71.8 Å². The van der Waals surface area contributed by atoms with E-state index < -0.39 is 0 Å². The van der Waals surface area contributed by atoms with Crippen LogP contribution in [0.5, 0.6) is 0 Å². The van der Waals surface area contributed by atoms with Crippen molar-refractivity contribution >= 4 is 28.6 Å². The van der Waals surface area contributed by atoms with E-state index in [9.17, 15) is 4.39 Å². The molecule has 0 aromatic heterocycles. The van der Waals surface area contributed by atoms with Crippen LogP contribution in [-0.2, 0) is 0 Å². The van der Waals surface area contributed by atoms with Crippen molar-refractivity contribution in [1.29, 1.82) is 0 Å². The van der Waals surface area contributed by atoms with Crippen molar-refractivity contribution in [2.45, 2.75) is 39.2 Å². The van der Waals surface area contributed by atoms with E-state index >= 15 is 0 Å². The maximum Gasteiger partial charge on any atom is 0.123 e. The van der Waals surface area contributed by atoms with E-state index in [1.54, 1.807) is 12.1 Å². The number of nitrogens with zero attached hydrogens (tertiary/aromatic N) is 3. The highest BCUT2D eigenvalue weighted by atomic mass is 19.1. The zero-order chi connectivity index (χ0) is 27.2. The first-order valence-electron chi connectivity index (χ1n) is 13.4.